The number of rotatable bonds is 2. The van der Waals surface area contributed by atoms with E-state index >= 15 is 0 Å². The lowest BCUT2D eigenvalue weighted by Gasteiger charge is -2.32. The van der Waals surface area contributed by atoms with Crippen LogP contribution in [0.3, 0.4) is 0 Å². The Balaban J connectivity index is 2.33. The molecule has 0 amide bonds. The Hall–Kier alpha value is -0.410. The van der Waals surface area contributed by atoms with Gasteiger partial charge in [-0.1, -0.05) is 22.4 Å². The standard InChI is InChI=1S/C12H15BrFN/c1-7-5-9(13)6-10(11(7)14)12(15)8-3-2-4-8/h5-6,8,12H,2-4,15H2,1H3/t12-/m1/s1. The molecule has 0 unspecified atom stereocenters. The van der Waals surface area contributed by atoms with Crippen LogP contribution >= 0.6 is 15.9 Å². The number of aryl methyl sites for hydroxylation is 1. The van der Waals surface area contributed by atoms with Crippen LogP contribution in [0, 0.1) is 18.7 Å². The zero-order valence-corrected chi connectivity index (χ0v) is 10.3. The molecule has 2 N–H and O–H groups in total. The van der Waals surface area contributed by atoms with Crippen molar-refractivity contribution in [3.05, 3.63) is 33.5 Å². The third-order valence-corrected chi connectivity index (χ3v) is 3.72. The Kier molecular flexibility index (Phi) is 3.12. The van der Waals surface area contributed by atoms with Crippen molar-refractivity contribution in [2.45, 2.75) is 32.2 Å². The van der Waals surface area contributed by atoms with Gasteiger partial charge in [0, 0.05) is 16.1 Å². The molecular weight excluding hydrogens is 257 g/mol. The largest absolute Gasteiger partial charge is 0.324 e. The van der Waals surface area contributed by atoms with Gasteiger partial charge in [0.25, 0.3) is 0 Å². The molecule has 1 aromatic carbocycles. The molecule has 2 rings (SSSR count). The fourth-order valence-corrected chi connectivity index (χ4v) is 2.64. The first-order valence-electron chi connectivity index (χ1n) is 5.30. The topological polar surface area (TPSA) is 26.0 Å². The Labute approximate surface area is 98.0 Å². The summed E-state index contributed by atoms with van der Waals surface area (Å²) in [4.78, 5) is 0. The van der Waals surface area contributed by atoms with E-state index in [1.165, 1.54) is 6.42 Å². The molecule has 15 heavy (non-hydrogen) atoms. The van der Waals surface area contributed by atoms with Gasteiger partial charge in [-0.2, -0.15) is 0 Å². The van der Waals surface area contributed by atoms with E-state index in [2.05, 4.69) is 15.9 Å². The molecule has 0 radical (unpaired) electrons. The van der Waals surface area contributed by atoms with Gasteiger partial charge in [0.15, 0.2) is 0 Å². The molecule has 1 fully saturated rings. The lowest BCUT2D eigenvalue weighted by molar-refractivity contribution is 0.260. The van der Waals surface area contributed by atoms with Crippen molar-refractivity contribution in [1.29, 1.82) is 0 Å². The molecule has 0 aromatic heterocycles. The van der Waals surface area contributed by atoms with Crippen molar-refractivity contribution in [2.24, 2.45) is 11.7 Å². The van der Waals surface area contributed by atoms with E-state index in [-0.39, 0.29) is 11.9 Å². The summed E-state index contributed by atoms with van der Waals surface area (Å²) in [5.74, 6) is 0.325. The first kappa shape index (κ1) is 11.1. The van der Waals surface area contributed by atoms with Crippen LogP contribution in [0.2, 0.25) is 0 Å². The maximum Gasteiger partial charge on any atom is 0.130 e. The van der Waals surface area contributed by atoms with Gasteiger partial charge in [-0.15, -0.1) is 0 Å². The normalized spacial score (nSPS) is 18.7. The van der Waals surface area contributed by atoms with E-state index in [1.807, 2.05) is 6.07 Å². The Morgan fingerprint density at radius 2 is 2.13 bits per heavy atom. The summed E-state index contributed by atoms with van der Waals surface area (Å²) < 4.78 is 14.8. The van der Waals surface area contributed by atoms with E-state index in [1.54, 1.807) is 13.0 Å². The monoisotopic (exact) mass is 271 g/mol. The fourth-order valence-electron chi connectivity index (χ4n) is 2.05. The minimum atomic E-state index is -0.144. The van der Waals surface area contributed by atoms with E-state index in [0.29, 0.717) is 17.0 Å². The molecular formula is C12H15BrFN. The molecule has 82 valence electrons. The molecule has 1 atom stereocenters. The summed E-state index contributed by atoms with van der Waals surface area (Å²) in [7, 11) is 0. The minimum absolute atomic E-state index is 0.141. The molecule has 0 aliphatic heterocycles. The van der Waals surface area contributed by atoms with Crippen LogP contribution < -0.4 is 5.73 Å². The zero-order chi connectivity index (χ0) is 11.0. The van der Waals surface area contributed by atoms with Crippen LogP contribution in [0.1, 0.15) is 36.4 Å². The minimum Gasteiger partial charge on any atom is -0.324 e. The van der Waals surface area contributed by atoms with Gasteiger partial charge in [0.05, 0.1) is 0 Å². The smallest absolute Gasteiger partial charge is 0.130 e. The van der Waals surface area contributed by atoms with Gasteiger partial charge in [-0.05, 0) is 43.4 Å². The van der Waals surface area contributed by atoms with E-state index < -0.39 is 0 Å². The average molecular weight is 272 g/mol. The van der Waals surface area contributed by atoms with E-state index in [4.69, 9.17) is 5.73 Å². The van der Waals surface area contributed by atoms with Crippen LogP contribution in [-0.2, 0) is 0 Å². The van der Waals surface area contributed by atoms with Crippen molar-refractivity contribution in [2.75, 3.05) is 0 Å². The van der Waals surface area contributed by atoms with Crippen molar-refractivity contribution in [3.8, 4) is 0 Å². The van der Waals surface area contributed by atoms with Crippen molar-refractivity contribution < 1.29 is 4.39 Å². The molecule has 0 bridgehead atoms. The molecule has 0 heterocycles. The summed E-state index contributed by atoms with van der Waals surface area (Å²) >= 11 is 3.38. The van der Waals surface area contributed by atoms with Crippen LogP contribution in [0.5, 0.6) is 0 Å². The Morgan fingerprint density at radius 1 is 1.47 bits per heavy atom. The third kappa shape index (κ3) is 2.08. The summed E-state index contributed by atoms with van der Waals surface area (Å²) in [6.45, 7) is 1.77. The van der Waals surface area contributed by atoms with Gasteiger partial charge in [-0.3, -0.25) is 0 Å². The second-order valence-electron chi connectivity index (χ2n) is 4.34. The van der Waals surface area contributed by atoms with Gasteiger partial charge >= 0.3 is 0 Å². The number of halogens is 2. The highest BCUT2D eigenvalue weighted by atomic mass is 79.9. The number of nitrogens with two attached hydrogens (primary N) is 1. The van der Waals surface area contributed by atoms with Crippen molar-refractivity contribution in [1.82, 2.24) is 0 Å². The second-order valence-corrected chi connectivity index (χ2v) is 5.26. The third-order valence-electron chi connectivity index (χ3n) is 3.26. The lowest BCUT2D eigenvalue weighted by Crippen LogP contribution is -2.27. The summed E-state index contributed by atoms with van der Waals surface area (Å²) in [5.41, 5.74) is 7.40. The van der Waals surface area contributed by atoms with Gasteiger partial charge < -0.3 is 5.73 Å². The average Bonchev–Trinajstić information content (AvgIpc) is 2.08. The molecule has 3 heteroatoms. The zero-order valence-electron chi connectivity index (χ0n) is 8.76. The SMILES string of the molecule is Cc1cc(Br)cc([C@H](N)C2CCC2)c1F. The quantitative estimate of drug-likeness (QED) is 0.872. The molecule has 0 spiro atoms. The predicted octanol–water partition coefficient (Wildman–Crippen LogP) is 3.70. The first-order valence-corrected chi connectivity index (χ1v) is 6.10. The van der Waals surface area contributed by atoms with Crippen LogP contribution in [0.4, 0.5) is 4.39 Å². The highest BCUT2D eigenvalue weighted by molar-refractivity contribution is 9.10. The Bertz CT molecular complexity index is 374. The maximum atomic E-state index is 13.9. The summed E-state index contributed by atoms with van der Waals surface area (Å²) in [6, 6.07) is 3.45. The highest BCUT2D eigenvalue weighted by Crippen LogP contribution is 2.38. The molecule has 1 aliphatic rings. The first-order chi connectivity index (χ1) is 7.09. The van der Waals surface area contributed by atoms with Gasteiger partial charge in [0.2, 0.25) is 0 Å². The molecule has 1 nitrogen and oxygen atoms in total. The van der Waals surface area contributed by atoms with Gasteiger partial charge in [-0.25, -0.2) is 4.39 Å². The van der Waals surface area contributed by atoms with Crippen LogP contribution in [-0.4, -0.2) is 0 Å². The number of hydrogen-bond acceptors (Lipinski definition) is 1. The van der Waals surface area contributed by atoms with E-state index in [9.17, 15) is 4.39 Å². The van der Waals surface area contributed by atoms with Gasteiger partial charge in [0.1, 0.15) is 5.82 Å². The van der Waals surface area contributed by atoms with E-state index in [0.717, 1.165) is 17.3 Å². The van der Waals surface area contributed by atoms with Crippen LogP contribution in [0.25, 0.3) is 0 Å². The highest BCUT2D eigenvalue weighted by Gasteiger charge is 2.27. The summed E-state index contributed by atoms with van der Waals surface area (Å²) in [6.07, 6.45) is 3.49. The van der Waals surface area contributed by atoms with Crippen LogP contribution in [0.15, 0.2) is 16.6 Å². The maximum absolute atomic E-state index is 13.9. The lowest BCUT2D eigenvalue weighted by atomic mass is 9.77. The number of hydrogen-bond donors (Lipinski definition) is 1. The molecule has 1 aromatic rings. The Morgan fingerprint density at radius 3 is 2.67 bits per heavy atom. The molecule has 1 saturated carbocycles. The predicted molar refractivity (Wildman–Crippen MR) is 63.1 cm³/mol. The summed E-state index contributed by atoms with van der Waals surface area (Å²) in [5, 5.41) is 0. The van der Waals surface area contributed by atoms with Crippen molar-refractivity contribution in [3.63, 3.8) is 0 Å². The molecule has 1 aliphatic carbocycles. The van der Waals surface area contributed by atoms with Crippen molar-refractivity contribution >= 4 is 15.9 Å². The fraction of sp³-hybridized carbons (Fsp3) is 0.500. The number of benzene rings is 1. The second kappa shape index (κ2) is 4.22. The molecule has 0 saturated heterocycles.